The van der Waals surface area contributed by atoms with Crippen LogP contribution in [0, 0.1) is 20.8 Å². The largest absolute Gasteiger partial charge is 0.451 e. The summed E-state index contributed by atoms with van der Waals surface area (Å²) in [5.74, 6) is -0.934. The van der Waals surface area contributed by atoms with Crippen molar-refractivity contribution in [2.24, 2.45) is 0 Å². The van der Waals surface area contributed by atoms with Crippen molar-refractivity contribution in [1.82, 2.24) is 5.16 Å². The number of ether oxygens (including phenoxy) is 1. The number of hydrogen-bond acceptors (Lipinski definition) is 5. The second-order valence-electron chi connectivity index (χ2n) is 4.65. The third kappa shape index (κ3) is 3.12. The zero-order chi connectivity index (χ0) is 14.7. The molecule has 2 aromatic rings. The van der Waals surface area contributed by atoms with Crippen molar-refractivity contribution < 1.29 is 18.8 Å². The van der Waals surface area contributed by atoms with E-state index in [2.05, 4.69) is 5.16 Å². The number of carbonyl (C=O) groups excluding carboxylic acids is 2. The normalized spacial score (nSPS) is 10.3. The predicted octanol–water partition coefficient (Wildman–Crippen LogP) is 2.64. The third-order valence-electron chi connectivity index (χ3n) is 2.86. The van der Waals surface area contributed by atoms with Gasteiger partial charge in [-0.05, 0) is 32.4 Å². The molecule has 0 saturated carbocycles. The molecule has 104 valence electrons. The molecule has 0 radical (unpaired) electrons. The van der Waals surface area contributed by atoms with Crippen LogP contribution in [0.15, 0.2) is 28.8 Å². The highest BCUT2D eigenvalue weighted by atomic mass is 16.6. The van der Waals surface area contributed by atoms with E-state index < -0.39 is 5.97 Å². The second-order valence-corrected chi connectivity index (χ2v) is 4.65. The van der Waals surface area contributed by atoms with E-state index in [1.54, 1.807) is 13.0 Å². The Bertz CT molecular complexity index is 658. The SMILES string of the molecule is Cc1ccc(C)c(C(=O)COC(=O)c2cc(C)no2)c1. The molecule has 5 nitrogen and oxygen atoms in total. The summed E-state index contributed by atoms with van der Waals surface area (Å²) >= 11 is 0. The minimum Gasteiger partial charge on any atom is -0.451 e. The first kappa shape index (κ1) is 14.0. The molecular weight excluding hydrogens is 258 g/mol. The number of Topliss-reactive ketones (excluding diaryl/α,β-unsaturated/α-hetero) is 1. The van der Waals surface area contributed by atoms with Crippen LogP contribution in [-0.4, -0.2) is 23.5 Å². The van der Waals surface area contributed by atoms with E-state index in [4.69, 9.17) is 9.26 Å². The lowest BCUT2D eigenvalue weighted by Crippen LogP contribution is -2.15. The van der Waals surface area contributed by atoms with Gasteiger partial charge in [0, 0.05) is 11.6 Å². The van der Waals surface area contributed by atoms with E-state index in [0.29, 0.717) is 11.3 Å². The number of rotatable bonds is 4. The van der Waals surface area contributed by atoms with Crippen LogP contribution in [-0.2, 0) is 4.74 Å². The van der Waals surface area contributed by atoms with Gasteiger partial charge in [-0.3, -0.25) is 4.79 Å². The number of benzene rings is 1. The van der Waals surface area contributed by atoms with Crippen LogP contribution >= 0.6 is 0 Å². The first-order valence-corrected chi connectivity index (χ1v) is 6.18. The van der Waals surface area contributed by atoms with Crippen LogP contribution in [0.4, 0.5) is 0 Å². The summed E-state index contributed by atoms with van der Waals surface area (Å²) in [5.41, 5.74) is 2.98. The average molecular weight is 273 g/mol. The Hall–Kier alpha value is -2.43. The molecule has 1 heterocycles. The molecule has 0 aliphatic carbocycles. The maximum atomic E-state index is 12.0. The maximum Gasteiger partial charge on any atom is 0.377 e. The summed E-state index contributed by atoms with van der Waals surface area (Å²) in [4.78, 5) is 23.7. The fraction of sp³-hybridized carbons (Fsp3) is 0.267. The van der Waals surface area contributed by atoms with Crippen molar-refractivity contribution >= 4 is 11.8 Å². The molecular formula is C15H15NO4. The van der Waals surface area contributed by atoms with Crippen molar-refractivity contribution in [3.05, 3.63) is 52.4 Å². The molecule has 0 amide bonds. The van der Waals surface area contributed by atoms with Crippen molar-refractivity contribution in [2.45, 2.75) is 20.8 Å². The Morgan fingerprint density at radius 1 is 1.20 bits per heavy atom. The Balaban J connectivity index is 2.02. The lowest BCUT2D eigenvalue weighted by molar-refractivity contribution is 0.0435. The highest BCUT2D eigenvalue weighted by Gasteiger charge is 2.16. The van der Waals surface area contributed by atoms with Crippen molar-refractivity contribution in [2.75, 3.05) is 6.61 Å². The number of aromatic nitrogens is 1. The van der Waals surface area contributed by atoms with Gasteiger partial charge in [0.05, 0.1) is 5.69 Å². The number of aryl methyl sites for hydroxylation is 3. The molecule has 1 aromatic carbocycles. The molecule has 1 aromatic heterocycles. The maximum absolute atomic E-state index is 12.0. The lowest BCUT2D eigenvalue weighted by Gasteiger charge is -2.06. The van der Waals surface area contributed by atoms with E-state index in [1.165, 1.54) is 6.07 Å². The van der Waals surface area contributed by atoms with Crippen LogP contribution in [0.1, 0.15) is 37.7 Å². The summed E-state index contributed by atoms with van der Waals surface area (Å²) in [6, 6.07) is 7.04. The Morgan fingerprint density at radius 3 is 2.60 bits per heavy atom. The number of nitrogens with zero attached hydrogens (tertiary/aromatic N) is 1. The fourth-order valence-electron chi connectivity index (χ4n) is 1.78. The fourth-order valence-corrected chi connectivity index (χ4v) is 1.78. The first-order chi connectivity index (χ1) is 9.47. The molecule has 0 aliphatic heterocycles. The first-order valence-electron chi connectivity index (χ1n) is 6.18. The van der Waals surface area contributed by atoms with Gasteiger partial charge in [0.15, 0.2) is 6.61 Å². The van der Waals surface area contributed by atoms with Crippen LogP contribution in [0.5, 0.6) is 0 Å². The van der Waals surface area contributed by atoms with Gasteiger partial charge < -0.3 is 9.26 Å². The molecule has 0 unspecified atom stereocenters. The third-order valence-corrected chi connectivity index (χ3v) is 2.86. The average Bonchev–Trinajstić information content (AvgIpc) is 2.85. The number of ketones is 1. The smallest absolute Gasteiger partial charge is 0.377 e. The van der Waals surface area contributed by atoms with Crippen molar-refractivity contribution in [3.63, 3.8) is 0 Å². The second kappa shape index (κ2) is 5.69. The number of hydrogen-bond donors (Lipinski definition) is 0. The van der Waals surface area contributed by atoms with Gasteiger partial charge in [-0.25, -0.2) is 4.79 Å². The summed E-state index contributed by atoms with van der Waals surface area (Å²) in [6.07, 6.45) is 0. The van der Waals surface area contributed by atoms with Crippen LogP contribution in [0.3, 0.4) is 0 Å². The minimum atomic E-state index is -0.691. The van der Waals surface area contributed by atoms with Gasteiger partial charge in [0.1, 0.15) is 0 Å². The zero-order valence-corrected chi connectivity index (χ0v) is 11.6. The minimum absolute atomic E-state index is 0.00346. The van der Waals surface area contributed by atoms with Crippen molar-refractivity contribution in [1.29, 1.82) is 0 Å². The summed E-state index contributed by atoms with van der Waals surface area (Å²) in [5, 5.41) is 3.59. The van der Waals surface area contributed by atoms with E-state index >= 15 is 0 Å². The van der Waals surface area contributed by atoms with Gasteiger partial charge >= 0.3 is 5.97 Å². The lowest BCUT2D eigenvalue weighted by atomic mass is 10.0. The molecule has 0 N–H and O–H groups in total. The Kier molecular flexibility index (Phi) is 3.98. The molecule has 0 saturated heterocycles. The topological polar surface area (TPSA) is 69.4 Å². The highest BCUT2D eigenvalue weighted by molar-refractivity contribution is 6.00. The number of esters is 1. The van der Waals surface area contributed by atoms with Gasteiger partial charge in [-0.2, -0.15) is 0 Å². The monoisotopic (exact) mass is 273 g/mol. The number of carbonyl (C=O) groups is 2. The summed E-state index contributed by atoms with van der Waals surface area (Å²) in [7, 11) is 0. The zero-order valence-electron chi connectivity index (χ0n) is 11.6. The van der Waals surface area contributed by atoms with Crippen LogP contribution in [0.2, 0.25) is 0 Å². The summed E-state index contributed by atoms with van der Waals surface area (Å²) in [6.45, 7) is 5.12. The van der Waals surface area contributed by atoms with Crippen molar-refractivity contribution in [3.8, 4) is 0 Å². The predicted molar refractivity (Wildman–Crippen MR) is 71.8 cm³/mol. The molecule has 0 aliphatic rings. The molecule has 5 heteroatoms. The standard InChI is InChI=1S/C15H15NO4/c1-9-4-5-10(2)12(6-9)13(17)8-19-15(18)14-7-11(3)16-20-14/h4-7H,8H2,1-3H3. The van der Waals surface area contributed by atoms with E-state index in [0.717, 1.165) is 11.1 Å². The van der Waals surface area contributed by atoms with E-state index in [9.17, 15) is 9.59 Å². The van der Waals surface area contributed by atoms with Gasteiger partial charge in [-0.15, -0.1) is 0 Å². The molecule has 0 bridgehead atoms. The highest BCUT2D eigenvalue weighted by Crippen LogP contribution is 2.12. The van der Waals surface area contributed by atoms with Crippen LogP contribution < -0.4 is 0 Å². The van der Waals surface area contributed by atoms with Gasteiger partial charge in [0.2, 0.25) is 11.5 Å². The van der Waals surface area contributed by atoms with Gasteiger partial charge in [-0.1, -0.05) is 22.9 Å². The molecule has 20 heavy (non-hydrogen) atoms. The quantitative estimate of drug-likeness (QED) is 0.632. The van der Waals surface area contributed by atoms with Gasteiger partial charge in [0.25, 0.3) is 0 Å². The summed E-state index contributed by atoms with van der Waals surface area (Å²) < 4.78 is 9.70. The van der Waals surface area contributed by atoms with Crippen LogP contribution in [0.25, 0.3) is 0 Å². The van der Waals surface area contributed by atoms with E-state index in [1.807, 2.05) is 26.0 Å². The molecule has 0 spiro atoms. The van der Waals surface area contributed by atoms with E-state index in [-0.39, 0.29) is 18.2 Å². The molecule has 2 rings (SSSR count). The Labute approximate surface area is 116 Å². The molecule has 0 fully saturated rings. The Morgan fingerprint density at radius 2 is 1.95 bits per heavy atom. The molecule has 0 atom stereocenters.